The van der Waals surface area contributed by atoms with E-state index < -0.39 is 0 Å². The molecule has 1 nitrogen and oxygen atoms in total. The summed E-state index contributed by atoms with van der Waals surface area (Å²) >= 11 is 7.51. The Morgan fingerprint density at radius 1 is 1.15 bits per heavy atom. The standard InChI is InChI=1S/C17H17ClOS/c1-12-5-3-4-6-15(12)11-20-13(2)17(19)14-7-9-16(18)10-8-14/h3-10,13H,11H2,1-2H3. The molecule has 0 bridgehead atoms. The Bertz CT molecular complexity index is 592. The smallest absolute Gasteiger partial charge is 0.175 e. The zero-order valence-electron chi connectivity index (χ0n) is 11.6. The van der Waals surface area contributed by atoms with Crippen molar-refractivity contribution < 1.29 is 4.79 Å². The second kappa shape index (κ2) is 6.96. The van der Waals surface area contributed by atoms with Crippen molar-refractivity contribution in [2.75, 3.05) is 0 Å². The number of thioether (sulfide) groups is 1. The van der Waals surface area contributed by atoms with E-state index in [9.17, 15) is 4.79 Å². The van der Waals surface area contributed by atoms with Gasteiger partial charge in [-0.25, -0.2) is 0 Å². The number of hydrogen-bond donors (Lipinski definition) is 0. The number of ketones is 1. The second-order valence-electron chi connectivity index (χ2n) is 4.75. The van der Waals surface area contributed by atoms with E-state index in [1.807, 2.05) is 19.1 Å². The van der Waals surface area contributed by atoms with E-state index in [4.69, 9.17) is 11.6 Å². The quantitative estimate of drug-likeness (QED) is 0.710. The van der Waals surface area contributed by atoms with Gasteiger partial charge in [-0.2, -0.15) is 0 Å². The van der Waals surface area contributed by atoms with Gasteiger partial charge >= 0.3 is 0 Å². The number of carbonyl (C=O) groups is 1. The topological polar surface area (TPSA) is 17.1 Å². The van der Waals surface area contributed by atoms with Gasteiger partial charge in [0.2, 0.25) is 0 Å². The molecular weight excluding hydrogens is 288 g/mol. The molecule has 0 radical (unpaired) electrons. The van der Waals surface area contributed by atoms with Gasteiger partial charge in [-0.05, 0) is 49.2 Å². The largest absolute Gasteiger partial charge is 0.293 e. The van der Waals surface area contributed by atoms with Crippen molar-refractivity contribution in [1.82, 2.24) is 0 Å². The highest BCUT2D eigenvalue weighted by molar-refractivity contribution is 7.99. The highest BCUT2D eigenvalue weighted by Gasteiger charge is 2.15. The summed E-state index contributed by atoms with van der Waals surface area (Å²) in [5.74, 6) is 1.01. The molecular formula is C17H17ClOS. The molecule has 2 aromatic carbocycles. The Labute approximate surface area is 129 Å². The summed E-state index contributed by atoms with van der Waals surface area (Å²) in [5.41, 5.74) is 3.28. The summed E-state index contributed by atoms with van der Waals surface area (Å²) < 4.78 is 0. The first-order valence-electron chi connectivity index (χ1n) is 6.54. The molecule has 2 rings (SSSR count). The second-order valence-corrected chi connectivity index (χ2v) is 6.52. The van der Waals surface area contributed by atoms with E-state index in [0.717, 1.165) is 11.3 Å². The Balaban J connectivity index is 1.98. The minimum atomic E-state index is -0.0595. The van der Waals surface area contributed by atoms with Gasteiger partial charge in [-0.15, -0.1) is 11.8 Å². The number of Topliss-reactive ketones (excluding diaryl/α,β-unsaturated/α-hetero) is 1. The number of hydrogen-bond acceptors (Lipinski definition) is 2. The third-order valence-electron chi connectivity index (χ3n) is 3.25. The lowest BCUT2D eigenvalue weighted by Gasteiger charge is -2.11. The van der Waals surface area contributed by atoms with Gasteiger partial charge in [-0.1, -0.05) is 35.9 Å². The van der Waals surface area contributed by atoms with Crippen molar-refractivity contribution in [2.45, 2.75) is 24.9 Å². The minimum absolute atomic E-state index is 0.0595. The Morgan fingerprint density at radius 3 is 2.45 bits per heavy atom. The lowest BCUT2D eigenvalue weighted by molar-refractivity contribution is 0.0994. The molecule has 1 unspecified atom stereocenters. The van der Waals surface area contributed by atoms with Crippen LogP contribution in [0.2, 0.25) is 5.02 Å². The first kappa shape index (κ1) is 15.1. The minimum Gasteiger partial charge on any atom is -0.293 e. The first-order valence-corrected chi connectivity index (χ1v) is 7.96. The van der Waals surface area contributed by atoms with E-state index in [-0.39, 0.29) is 11.0 Å². The van der Waals surface area contributed by atoms with E-state index >= 15 is 0 Å². The summed E-state index contributed by atoms with van der Waals surface area (Å²) in [6, 6.07) is 15.4. The van der Waals surface area contributed by atoms with Crippen LogP contribution in [-0.4, -0.2) is 11.0 Å². The van der Waals surface area contributed by atoms with Crippen LogP contribution in [0.1, 0.15) is 28.4 Å². The highest BCUT2D eigenvalue weighted by Crippen LogP contribution is 2.23. The lowest BCUT2D eigenvalue weighted by atomic mass is 10.1. The van der Waals surface area contributed by atoms with Gasteiger partial charge in [0, 0.05) is 16.3 Å². The predicted octanol–water partition coefficient (Wildman–Crippen LogP) is 5.15. The summed E-state index contributed by atoms with van der Waals surface area (Å²) in [4.78, 5) is 12.3. The zero-order chi connectivity index (χ0) is 14.5. The van der Waals surface area contributed by atoms with E-state index in [1.54, 1.807) is 36.0 Å². The van der Waals surface area contributed by atoms with Crippen molar-refractivity contribution in [3.05, 3.63) is 70.2 Å². The fourth-order valence-electron chi connectivity index (χ4n) is 1.91. The fraction of sp³-hybridized carbons (Fsp3) is 0.235. The molecule has 0 aliphatic carbocycles. The number of halogens is 1. The number of carbonyl (C=O) groups excluding carboxylic acids is 1. The maximum atomic E-state index is 12.3. The van der Waals surface area contributed by atoms with Gasteiger partial charge in [0.25, 0.3) is 0 Å². The zero-order valence-corrected chi connectivity index (χ0v) is 13.2. The summed E-state index contributed by atoms with van der Waals surface area (Å²) in [6.07, 6.45) is 0. The molecule has 2 aromatic rings. The average molecular weight is 305 g/mol. The van der Waals surface area contributed by atoms with Gasteiger partial charge in [0.05, 0.1) is 5.25 Å². The first-order chi connectivity index (χ1) is 9.58. The molecule has 0 spiro atoms. The van der Waals surface area contributed by atoms with Gasteiger partial charge < -0.3 is 0 Å². The van der Waals surface area contributed by atoms with E-state index in [1.165, 1.54) is 11.1 Å². The molecule has 3 heteroatoms. The normalized spacial score (nSPS) is 12.2. The van der Waals surface area contributed by atoms with Crippen LogP contribution >= 0.6 is 23.4 Å². The Morgan fingerprint density at radius 2 is 1.80 bits per heavy atom. The van der Waals surface area contributed by atoms with Crippen LogP contribution in [-0.2, 0) is 5.75 Å². The third kappa shape index (κ3) is 3.87. The molecule has 1 atom stereocenters. The van der Waals surface area contributed by atoms with Crippen molar-refractivity contribution in [3.8, 4) is 0 Å². The maximum absolute atomic E-state index is 12.3. The highest BCUT2D eigenvalue weighted by atomic mass is 35.5. The van der Waals surface area contributed by atoms with Gasteiger partial charge in [0.15, 0.2) is 5.78 Å². The third-order valence-corrected chi connectivity index (χ3v) is 4.69. The van der Waals surface area contributed by atoms with Crippen molar-refractivity contribution >= 4 is 29.1 Å². The Hall–Kier alpha value is -1.25. The molecule has 0 N–H and O–H groups in total. The van der Waals surface area contributed by atoms with E-state index in [0.29, 0.717) is 5.02 Å². The van der Waals surface area contributed by atoms with Crippen molar-refractivity contribution in [2.24, 2.45) is 0 Å². The van der Waals surface area contributed by atoms with Crippen LogP contribution in [0, 0.1) is 6.92 Å². The van der Waals surface area contributed by atoms with Gasteiger partial charge in [0.1, 0.15) is 0 Å². The van der Waals surface area contributed by atoms with Crippen LogP contribution in [0.5, 0.6) is 0 Å². The number of benzene rings is 2. The molecule has 0 heterocycles. The summed E-state index contributed by atoms with van der Waals surface area (Å²) in [5, 5.41) is 0.595. The molecule has 0 saturated heterocycles. The molecule has 0 aliphatic heterocycles. The molecule has 0 aromatic heterocycles. The number of rotatable bonds is 5. The van der Waals surface area contributed by atoms with E-state index in [2.05, 4.69) is 19.1 Å². The van der Waals surface area contributed by atoms with Crippen LogP contribution < -0.4 is 0 Å². The van der Waals surface area contributed by atoms with Crippen LogP contribution in [0.4, 0.5) is 0 Å². The monoisotopic (exact) mass is 304 g/mol. The van der Waals surface area contributed by atoms with Crippen LogP contribution in [0.25, 0.3) is 0 Å². The summed E-state index contributed by atoms with van der Waals surface area (Å²) in [7, 11) is 0. The molecule has 0 saturated carbocycles. The molecule has 0 aliphatic rings. The van der Waals surface area contributed by atoms with Crippen LogP contribution in [0.3, 0.4) is 0 Å². The molecule has 0 amide bonds. The average Bonchev–Trinajstić information content (AvgIpc) is 2.46. The van der Waals surface area contributed by atoms with Crippen molar-refractivity contribution in [3.63, 3.8) is 0 Å². The fourth-order valence-corrected chi connectivity index (χ4v) is 3.08. The lowest BCUT2D eigenvalue weighted by Crippen LogP contribution is -2.13. The van der Waals surface area contributed by atoms with Crippen LogP contribution in [0.15, 0.2) is 48.5 Å². The van der Waals surface area contributed by atoms with Gasteiger partial charge in [-0.3, -0.25) is 4.79 Å². The SMILES string of the molecule is Cc1ccccc1CSC(C)C(=O)c1ccc(Cl)cc1. The van der Waals surface area contributed by atoms with Crippen molar-refractivity contribution in [1.29, 1.82) is 0 Å². The predicted molar refractivity (Wildman–Crippen MR) is 87.7 cm³/mol. The molecule has 104 valence electrons. The summed E-state index contributed by atoms with van der Waals surface area (Å²) in [6.45, 7) is 4.06. The molecule has 20 heavy (non-hydrogen) atoms. The molecule has 0 fully saturated rings. The Kier molecular flexibility index (Phi) is 5.27. The maximum Gasteiger partial charge on any atom is 0.175 e. The number of aryl methyl sites for hydroxylation is 1.